The maximum absolute atomic E-state index is 12.4. The van der Waals surface area contributed by atoms with Crippen LogP contribution in [0.5, 0.6) is 0 Å². The number of hydrogen-bond donors (Lipinski definition) is 0. The summed E-state index contributed by atoms with van der Waals surface area (Å²) in [5.74, 6) is -0.220. The van der Waals surface area contributed by atoms with Gasteiger partial charge in [-0.05, 0) is 34.0 Å². The van der Waals surface area contributed by atoms with Crippen molar-refractivity contribution in [2.75, 3.05) is 12.0 Å². The van der Waals surface area contributed by atoms with Gasteiger partial charge < -0.3 is 9.64 Å². The van der Waals surface area contributed by atoms with Crippen molar-refractivity contribution >= 4 is 22.4 Å². The normalized spacial score (nSPS) is 16.4. The fourth-order valence-electron chi connectivity index (χ4n) is 3.44. The van der Waals surface area contributed by atoms with Gasteiger partial charge in [0.1, 0.15) is 0 Å². The van der Waals surface area contributed by atoms with Crippen molar-refractivity contribution in [1.29, 1.82) is 0 Å². The number of fused-ring (bicyclic) bond motifs is 3. The number of esters is 1. The second-order valence-electron chi connectivity index (χ2n) is 5.74. The molecule has 1 aliphatic rings. The minimum atomic E-state index is -0.387. The van der Waals surface area contributed by atoms with Crippen molar-refractivity contribution < 1.29 is 9.53 Å². The van der Waals surface area contributed by atoms with Gasteiger partial charge in [-0.15, -0.1) is 0 Å². The van der Waals surface area contributed by atoms with E-state index in [1.54, 1.807) is 0 Å². The molecule has 0 saturated carbocycles. The molecule has 0 aliphatic carbocycles. The molecule has 0 bridgehead atoms. The molecular formula is C20H17NO2. The number of anilines is 1. The van der Waals surface area contributed by atoms with Crippen LogP contribution in [0.2, 0.25) is 0 Å². The molecule has 3 nitrogen and oxygen atoms in total. The monoisotopic (exact) mass is 303 g/mol. The van der Waals surface area contributed by atoms with Crippen LogP contribution in [0.1, 0.15) is 17.2 Å². The van der Waals surface area contributed by atoms with E-state index >= 15 is 0 Å². The van der Waals surface area contributed by atoms with E-state index in [4.69, 9.17) is 4.74 Å². The number of methoxy groups -OCH3 is 1. The van der Waals surface area contributed by atoms with Crippen LogP contribution in [0.25, 0.3) is 10.8 Å². The number of para-hydroxylation sites is 1. The summed E-state index contributed by atoms with van der Waals surface area (Å²) in [5, 5.41) is 2.40. The Kier molecular flexibility index (Phi) is 3.27. The largest absolute Gasteiger partial charge is 0.467 e. The molecule has 0 N–H and O–H groups in total. The molecule has 1 atom stereocenters. The summed E-state index contributed by atoms with van der Waals surface area (Å²) in [6.07, 6.45) is 0. The van der Waals surface area contributed by atoms with E-state index in [1.165, 1.54) is 23.4 Å². The lowest BCUT2D eigenvalue weighted by atomic mass is 9.98. The Bertz CT molecular complexity index is 873. The maximum Gasteiger partial charge on any atom is 0.333 e. The predicted molar refractivity (Wildman–Crippen MR) is 91.3 cm³/mol. The first-order valence-electron chi connectivity index (χ1n) is 7.69. The van der Waals surface area contributed by atoms with Gasteiger partial charge in [-0.25, -0.2) is 4.79 Å². The Hall–Kier alpha value is -2.81. The Labute approximate surface area is 135 Å². The van der Waals surface area contributed by atoms with Gasteiger partial charge >= 0.3 is 5.97 Å². The Morgan fingerprint density at radius 2 is 1.74 bits per heavy atom. The average molecular weight is 303 g/mol. The molecule has 0 amide bonds. The zero-order valence-electron chi connectivity index (χ0n) is 12.9. The van der Waals surface area contributed by atoms with Crippen molar-refractivity contribution in [3.63, 3.8) is 0 Å². The predicted octanol–water partition coefficient (Wildman–Crippen LogP) is 4.07. The average Bonchev–Trinajstić information content (AvgIpc) is 3.02. The minimum absolute atomic E-state index is 0.220. The molecule has 0 aromatic heterocycles. The highest BCUT2D eigenvalue weighted by atomic mass is 16.5. The van der Waals surface area contributed by atoms with Crippen LogP contribution in [-0.4, -0.2) is 13.1 Å². The van der Waals surface area contributed by atoms with Crippen LogP contribution < -0.4 is 4.90 Å². The first-order valence-corrected chi connectivity index (χ1v) is 7.69. The zero-order chi connectivity index (χ0) is 15.8. The first kappa shape index (κ1) is 13.8. The number of carbonyl (C=O) groups excluding carboxylic acids is 1. The number of hydrogen-bond acceptors (Lipinski definition) is 3. The van der Waals surface area contributed by atoms with Gasteiger partial charge in [0, 0.05) is 12.2 Å². The fraction of sp³-hybridized carbons (Fsp3) is 0.150. The SMILES string of the molecule is COC(=O)C1c2ccc3ccccc3c2CN1c1ccccc1. The topological polar surface area (TPSA) is 29.5 Å². The van der Waals surface area contributed by atoms with E-state index in [-0.39, 0.29) is 12.0 Å². The highest BCUT2D eigenvalue weighted by Gasteiger charge is 2.37. The molecule has 3 aromatic rings. The van der Waals surface area contributed by atoms with Crippen molar-refractivity contribution in [3.8, 4) is 0 Å². The summed E-state index contributed by atoms with van der Waals surface area (Å²) in [6.45, 7) is 0.709. The smallest absolute Gasteiger partial charge is 0.333 e. The molecule has 1 aliphatic heterocycles. The Balaban J connectivity index is 1.90. The molecule has 0 fully saturated rings. The number of nitrogens with zero attached hydrogens (tertiary/aromatic N) is 1. The van der Waals surface area contributed by atoms with Crippen molar-refractivity contribution in [3.05, 3.63) is 77.9 Å². The summed E-state index contributed by atoms with van der Waals surface area (Å²) in [4.78, 5) is 14.5. The molecule has 0 spiro atoms. The van der Waals surface area contributed by atoms with E-state index in [1.807, 2.05) is 42.5 Å². The second kappa shape index (κ2) is 5.43. The molecule has 114 valence electrons. The lowest BCUT2D eigenvalue weighted by Gasteiger charge is -2.25. The molecule has 3 aromatic carbocycles. The standard InChI is InChI=1S/C20H17NO2/c1-23-20(22)19-17-12-11-14-7-5-6-10-16(14)18(17)13-21(19)15-8-3-2-4-9-15/h2-12,19H,13H2,1H3. The first-order chi connectivity index (χ1) is 11.3. The van der Waals surface area contributed by atoms with Crippen LogP contribution in [0.4, 0.5) is 5.69 Å². The quantitative estimate of drug-likeness (QED) is 0.668. The molecule has 0 saturated heterocycles. The Morgan fingerprint density at radius 1 is 1.00 bits per heavy atom. The molecule has 0 radical (unpaired) electrons. The summed E-state index contributed by atoms with van der Waals surface area (Å²) < 4.78 is 5.07. The number of carbonyl (C=O) groups is 1. The lowest BCUT2D eigenvalue weighted by Crippen LogP contribution is -2.28. The molecule has 23 heavy (non-hydrogen) atoms. The number of benzene rings is 3. The third kappa shape index (κ3) is 2.16. The van der Waals surface area contributed by atoms with Gasteiger partial charge in [-0.1, -0.05) is 54.6 Å². The van der Waals surface area contributed by atoms with Crippen LogP contribution in [0.3, 0.4) is 0 Å². The minimum Gasteiger partial charge on any atom is -0.467 e. The third-order valence-electron chi connectivity index (χ3n) is 4.52. The molecular weight excluding hydrogens is 286 g/mol. The van der Waals surface area contributed by atoms with Crippen LogP contribution in [0, 0.1) is 0 Å². The van der Waals surface area contributed by atoms with Crippen molar-refractivity contribution in [1.82, 2.24) is 0 Å². The van der Waals surface area contributed by atoms with E-state index in [9.17, 15) is 4.79 Å². The van der Waals surface area contributed by atoms with Crippen molar-refractivity contribution in [2.24, 2.45) is 0 Å². The fourth-order valence-corrected chi connectivity index (χ4v) is 3.44. The van der Waals surface area contributed by atoms with Gasteiger partial charge in [0.25, 0.3) is 0 Å². The molecule has 1 unspecified atom stereocenters. The summed E-state index contributed by atoms with van der Waals surface area (Å²) in [6, 6.07) is 22.1. The van der Waals surface area contributed by atoms with E-state index in [0.717, 1.165) is 11.3 Å². The highest BCUT2D eigenvalue weighted by molar-refractivity contribution is 5.92. The van der Waals surface area contributed by atoms with Gasteiger partial charge in [0.05, 0.1) is 7.11 Å². The van der Waals surface area contributed by atoms with E-state index in [0.29, 0.717) is 6.54 Å². The summed E-state index contributed by atoms with van der Waals surface area (Å²) in [5.41, 5.74) is 3.28. The molecule has 3 heteroatoms. The van der Waals surface area contributed by atoms with E-state index < -0.39 is 0 Å². The van der Waals surface area contributed by atoms with Crippen molar-refractivity contribution in [2.45, 2.75) is 12.6 Å². The van der Waals surface area contributed by atoms with Gasteiger partial charge in [0.2, 0.25) is 0 Å². The Morgan fingerprint density at radius 3 is 2.52 bits per heavy atom. The van der Waals surface area contributed by atoms with Crippen LogP contribution in [-0.2, 0) is 16.1 Å². The summed E-state index contributed by atoms with van der Waals surface area (Å²) >= 11 is 0. The molecule has 4 rings (SSSR count). The second-order valence-corrected chi connectivity index (χ2v) is 5.74. The molecule has 1 heterocycles. The van der Waals surface area contributed by atoms with Gasteiger partial charge in [0.15, 0.2) is 6.04 Å². The third-order valence-corrected chi connectivity index (χ3v) is 4.52. The number of rotatable bonds is 2. The van der Waals surface area contributed by atoms with Gasteiger partial charge in [-0.3, -0.25) is 0 Å². The van der Waals surface area contributed by atoms with Crippen LogP contribution in [0.15, 0.2) is 66.7 Å². The van der Waals surface area contributed by atoms with E-state index in [2.05, 4.69) is 29.2 Å². The summed E-state index contributed by atoms with van der Waals surface area (Å²) in [7, 11) is 1.45. The maximum atomic E-state index is 12.4. The van der Waals surface area contributed by atoms with Gasteiger partial charge in [-0.2, -0.15) is 0 Å². The zero-order valence-corrected chi connectivity index (χ0v) is 12.9. The number of ether oxygens (including phenoxy) is 1. The lowest BCUT2D eigenvalue weighted by molar-refractivity contribution is -0.142. The van der Waals surface area contributed by atoms with Crippen LogP contribution >= 0.6 is 0 Å². The highest BCUT2D eigenvalue weighted by Crippen LogP contribution is 2.41.